The van der Waals surface area contributed by atoms with Crippen LogP contribution in [-0.2, 0) is 0 Å². The number of anilines is 2. The van der Waals surface area contributed by atoms with Crippen molar-refractivity contribution in [1.82, 2.24) is 4.98 Å². The summed E-state index contributed by atoms with van der Waals surface area (Å²) in [6, 6.07) is 28.9. The number of benzene rings is 4. The van der Waals surface area contributed by atoms with Gasteiger partial charge < -0.3 is 35.4 Å². The predicted molar refractivity (Wildman–Crippen MR) is 181 cm³/mol. The Hall–Kier alpha value is -5.96. The second-order valence-electron chi connectivity index (χ2n) is 10.3. The highest BCUT2D eigenvalue weighted by Crippen LogP contribution is 2.40. The number of hydrogen-bond acceptors (Lipinski definition) is 7. The molecule has 0 bridgehead atoms. The van der Waals surface area contributed by atoms with Gasteiger partial charge in [-0.05, 0) is 77.4 Å². The number of amidine groups is 1. The van der Waals surface area contributed by atoms with Gasteiger partial charge in [-0.2, -0.15) is 0 Å². The smallest absolute Gasteiger partial charge is 0.162 e. The minimum atomic E-state index is 0.529. The summed E-state index contributed by atoms with van der Waals surface area (Å²) in [5.74, 6) is 3.63. The molecule has 0 saturated carbocycles. The fourth-order valence-corrected chi connectivity index (χ4v) is 5.19. The van der Waals surface area contributed by atoms with Crippen molar-refractivity contribution in [3.63, 3.8) is 0 Å². The number of aliphatic imine (C=N–C) groups is 2. The molecule has 0 unspecified atom stereocenters. The Morgan fingerprint density at radius 1 is 0.578 bits per heavy atom. The van der Waals surface area contributed by atoms with Gasteiger partial charge in [0.2, 0.25) is 0 Å². The van der Waals surface area contributed by atoms with Crippen LogP contribution in [0.2, 0.25) is 0 Å². The van der Waals surface area contributed by atoms with Crippen LogP contribution in [0.1, 0.15) is 11.1 Å². The van der Waals surface area contributed by atoms with Crippen molar-refractivity contribution in [1.29, 1.82) is 0 Å². The number of H-pyrrole nitrogens is 1. The van der Waals surface area contributed by atoms with Crippen molar-refractivity contribution in [2.75, 3.05) is 39.9 Å². The fraction of sp³-hybridized carbons (Fsp3) is 0.111. The molecule has 5 N–H and O–H groups in total. The van der Waals surface area contributed by atoms with E-state index in [1.54, 1.807) is 28.4 Å². The largest absolute Gasteiger partial charge is 0.493 e. The second kappa shape index (κ2) is 12.3. The monoisotopic (exact) mass is 599 g/mol. The van der Waals surface area contributed by atoms with Crippen LogP contribution in [0.5, 0.6) is 23.0 Å². The van der Waals surface area contributed by atoms with Crippen LogP contribution in [0, 0.1) is 0 Å². The van der Waals surface area contributed by atoms with E-state index in [0.717, 1.165) is 44.8 Å². The van der Waals surface area contributed by atoms with E-state index in [2.05, 4.69) is 11.1 Å². The second-order valence-corrected chi connectivity index (χ2v) is 10.3. The molecular weight excluding hydrogens is 566 g/mol. The summed E-state index contributed by atoms with van der Waals surface area (Å²) in [6.07, 6.45) is 2.02. The lowest BCUT2D eigenvalue weighted by Gasteiger charge is -2.11. The molecule has 0 fully saturated rings. The standard InChI is InChI=1S/C36H33N5O4/c1-42-31-15-9-23(17-33(31)44-3)27-19-29(21-5-11-25(37)12-6-21)39-35(27)41-36-28(24-10-16-32(43-2)34(18-24)45-4)20-30(40-36)22-7-13-26(38)14-8-22/h5-20,39H,37-38H2,1-4H3. The van der Waals surface area contributed by atoms with Crippen LogP contribution >= 0.6 is 0 Å². The Labute approximate surface area is 261 Å². The summed E-state index contributed by atoms with van der Waals surface area (Å²) in [6.45, 7) is 0. The number of aromatic amines is 1. The molecule has 0 atom stereocenters. The van der Waals surface area contributed by atoms with Crippen LogP contribution in [0.25, 0.3) is 28.0 Å². The number of nitrogens with one attached hydrogen (secondary N) is 1. The van der Waals surface area contributed by atoms with Crippen molar-refractivity contribution in [3.8, 4) is 45.4 Å². The first-order valence-corrected chi connectivity index (χ1v) is 14.2. The molecule has 9 heteroatoms. The fourth-order valence-electron chi connectivity index (χ4n) is 5.19. The molecule has 9 nitrogen and oxygen atoms in total. The van der Waals surface area contributed by atoms with Crippen LogP contribution in [0.4, 0.5) is 17.2 Å². The number of aromatic nitrogens is 1. The topological polar surface area (TPSA) is 129 Å². The first-order chi connectivity index (χ1) is 21.9. The summed E-state index contributed by atoms with van der Waals surface area (Å²) in [7, 11) is 6.46. The van der Waals surface area contributed by atoms with E-state index in [4.69, 9.17) is 40.4 Å². The number of methoxy groups -OCH3 is 4. The molecule has 5 aromatic rings. The van der Waals surface area contributed by atoms with Crippen molar-refractivity contribution in [3.05, 3.63) is 108 Å². The molecular formula is C36H33N5O4. The molecule has 1 aliphatic heterocycles. The Morgan fingerprint density at radius 3 is 1.67 bits per heavy atom. The molecule has 1 aromatic heterocycles. The molecule has 2 heterocycles. The zero-order valence-corrected chi connectivity index (χ0v) is 25.4. The highest BCUT2D eigenvalue weighted by atomic mass is 16.5. The lowest BCUT2D eigenvalue weighted by atomic mass is 10.0. The highest BCUT2D eigenvalue weighted by molar-refractivity contribution is 6.38. The molecule has 0 radical (unpaired) electrons. The van der Waals surface area contributed by atoms with Gasteiger partial charge in [-0.1, -0.05) is 36.4 Å². The van der Waals surface area contributed by atoms with Gasteiger partial charge in [0.15, 0.2) is 28.8 Å². The van der Waals surface area contributed by atoms with Gasteiger partial charge in [-0.3, -0.25) is 0 Å². The number of allylic oxidation sites excluding steroid dienone is 1. The van der Waals surface area contributed by atoms with E-state index >= 15 is 0 Å². The van der Waals surface area contributed by atoms with E-state index in [1.165, 1.54) is 0 Å². The third-order valence-electron chi connectivity index (χ3n) is 7.58. The highest BCUT2D eigenvalue weighted by Gasteiger charge is 2.23. The number of hydrogen-bond donors (Lipinski definition) is 3. The molecule has 45 heavy (non-hydrogen) atoms. The Morgan fingerprint density at radius 2 is 1.09 bits per heavy atom. The maximum atomic E-state index is 5.98. The minimum absolute atomic E-state index is 0.529. The summed E-state index contributed by atoms with van der Waals surface area (Å²) in [5, 5.41) is 0. The first kappa shape index (κ1) is 29.1. The van der Waals surface area contributed by atoms with Gasteiger partial charge in [-0.15, -0.1) is 0 Å². The van der Waals surface area contributed by atoms with Gasteiger partial charge in [-0.25, -0.2) is 9.98 Å². The zero-order chi connectivity index (χ0) is 31.5. The van der Waals surface area contributed by atoms with E-state index in [1.807, 2.05) is 91.0 Å². The number of ether oxygens (including phenoxy) is 4. The van der Waals surface area contributed by atoms with Gasteiger partial charge in [0.05, 0.1) is 34.2 Å². The molecule has 0 aliphatic carbocycles. The molecule has 0 amide bonds. The maximum Gasteiger partial charge on any atom is 0.162 e. The van der Waals surface area contributed by atoms with Crippen LogP contribution < -0.4 is 30.4 Å². The molecule has 4 aromatic carbocycles. The third kappa shape index (κ3) is 5.83. The van der Waals surface area contributed by atoms with E-state index in [-0.39, 0.29) is 0 Å². The number of rotatable bonds is 9. The van der Waals surface area contributed by atoms with Crippen molar-refractivity contribution in [2.24, 2.45) is 9.98 Å². The van der Waals surface area contributed by atoms with Crippen molar-refractivity contribution >= 4 is 34.3 Å². The van der Waals surface area contributed by atoms with Gasteiger partial charge in [0.1, 0.15) is 5.82 Å². The maximum absolute atomic E-state index is 5.98. The minimum Gasteiger partial charge on any atom is -0.493 e. The Kier molecular flexibility index (Phi) is 7.99. The van der Waals surface area contributed by atoms with Crippen molar-refractivity contribution < 1.29 is 18.9 Å². The van der Waals surface area contributed by atoms with Gasteiger partial charge >= 0.3 is 0 Å². The third-order valence-corrected chi connectivity index (χ3v) is 7.58. The van der Waals surface area contributed by atoms with Crippen LogP contribution in [0.3, 0.4) is 0 Å². The lowest BCUT2D eigenvalue weighted by molar-refractivity contribution is 0.355. The van der Waals surface area contributed by atoms with Crippen LogP contribution in [-0.4, -0.2) is 45.0 Å². The summed E-state index contributed by atoms with van der Waals surface area (Å²) < 4.78 is 22.2. The average Bonchev–Trinajstić information content (AvgIpc) is 3.69. The number of nitrogens with two attached hydrogens (primary N) is 2. The first-order valence-electron chi connectivity index (χ1n) is 14.2. The van der Waals surface area contributed by atoms with E-state index < -0.39 is 0 Å². The molecule has 6 rings (SSSR count). The average molecular weight is 600 g/mol. The van der Waals surface area contributed by atoms with Crippen LogP contribution in [0.15, 0.2) is 107 Å². The molecule has 226 valence electrons. The van der Waals surface area contributed by atoms with Gasteiger partial charge in [0, 0.05) is 33.8 Å². The van der Waals surface area contributed by atoms with E-state index in [0.29, 0.717) is 46.0 Å². The Bertz CT molecular complexity index is 1960. The summed E-state index contributed by atoms with van der Waals surface area (Å²) in [5.41, 5.74) is 20.3. The summed E-state index contributed by atoms with van der Waals surface area (Å²) >= 11 is 0. The molecule has 1 aliphatic rings. The normalized spacial score (nSPS) is 13.4. The van der Waals surface area contributed by atoms with E-state index in [9.17, 15) is 0 Å². The predicted octanol–water partition coefficient (Wildman–Crippen LogP) is 7.16. The number of nitrogen functional groups attached to an aromatic ring is 2. The van der Waals surface area contributed by atoms with Gasteiger partial charge in [0.25, 0.3) is 0 Å². The molecule has 0 spiro atoms. The zero-order valence-electron chi connectivity index (χ0n) is 25.4. The number of nitrogens with zero attached hydrogens (tertiary/aromatic N) is 2. The summed E-state index contributed by atoms with van der Waals surface area (Å²) in [4.78, 5) is 13.7. The lowest BCUT2D eigenvalue weighted by Crippen LogP contribution is -1.98. The SMILES string of the molecule is COc1ccc(C2=CC(c3ccc(N)cc3)=NC2=Nc2[nH]c(-c3ccc(N)cc3)cc2-c2ccc(OC)c(OC)c2)cc1OC. The van der Waals surface area contributed by atoms with Crippen molar-refractivity contribution in [2.45, 2.75) is 0 Å². The quantitative estimate of drug-likeness (QED) is 0.154. The Balaban J connectivity index is 1.54. The molecule has 0 saturated heterocycles.